The first-order valence-electron chi connectivity index (χ1n) is 6.49. The fourth-order valence-electron chi connectivity index (χ4n) is 2.64. The number of allylic oxidation sites excluding steroid dienone is 6. The second-order valence-electron chi connectivity index (χ2n) is 4.78. The molecule has 0 aromatic carbocycles. The highest BCUT2D eigenvalue weighted by Gasteiger charge is 2.38. The minimum atomic E-state index is 0.0328. The molecule has 0 radical (unpaired) electrons. The van der Waals surface area contributed by atoms with E-state index in [0.717, 1.165) is 18.5 Å². The molecule has 1 heterocycles. The van der Waals surface area contributed by atoms with Crippen molar-refractivity contribution in [3.8, 4) is 0 Å². The van der Waals surface area contributed by atoms with Gasteiger partial charge in [0.05, 0.1) is 0 Å². The van der Waals surface area contributed by atoms with E-state index in [1.165, 1.54) is 0 Å². The number of amides is 1. The SMILES string of the molecule is C=C/C=C(\C=C/C)C(CC=C)C1C(=O)NCC1C. The van der Waals surface area contributed by atoms with Gasteiger partial charge in [-0.05, 0) is 30.8 Å². The summed E-state index contributed by atoms with van der Waals surface area (Å²) in [5.74, 6) is 0.745. The van der Waals surface area contributed by atoms with E-state index in [4.69, 9.17) is 0 Å². The summed E-state index contributed by atoms with van der Waals surface area (Å²) in [6.07, 6.45) is 10.5. The van der Waals surface area contributed by atoms with Gasteiger partial charge in [-0.3, -0.25) is 4.79 Å². The number of hydrogen-bond acceptors (Lipinski definition) is 1. The predicted molar refractivity (Wildman–Crippen MR) is 77.1 cm³/mol. The second-order valence-corrected chi connectivity index (χ2v) is 4.78. The third-order valence-electron chi connectivity index (χ3n) is 3.47. The van der Waals surface area contributed by atoms with Gasteiger partial charge in [0.1, 0.15) is 0 Å². The van der Waals surface area contributed by atoms with Gasteiger partial charge >= 0.3 is 0 Å². The van der Waals surface area contributed by atoms with Crippen molar-refractivity contribution >= 4 is 5.91 Å². The lowest BCUT2D eigenvalue weighted by atomic mass is 9.77. The molecular weight excluding hydrogens is 222 g/mol. The summed E-state index contributed by atoms with van der Waals surface area (Å²) in [6, 6.07) is 0. The maximum Gasteiger partial charge on any atom is 0.224 e. The highest BCUT2D eigenvalue weighted by molar-refractivity contribution is 5.82. The third kappa shape index (κ3) is 3.22. The maximum absolute atomic E-state index is 12.0. The van der Waals surface area contributed by atoms with Gasteiger partial charge in [0.2, 0.25) is 5.91 Å². The van der Waals surface area contributed by atoms with Crippen LogP contribution in [0.3, 0.4) is 0 Å². The number of rotatable bonds is 6. The van der Waals surface area contributed by atoms with Gasteiger partial charge in [-0.15, -0.1) is 6.58 Å². The van der Waals surface area contributed by atoms with Gasteiger partial charge in [0, 0.05) is 12.5 Å². The molecule has 1 aliphatic rings. The molecule has 1 fully saturated rings. The van der Waals surface area contributed by atoms with Crippen LogP contribution in [0.25, 0.3) is 0 Å². The van der Waals surface area contributed by atoms with Crippen molar-refractivity contribution in [3.63, 3.8) is 0 Å². The standard InChI is InChI=1S/C16H23NO/c1-5-8-13(9-6-2)14(10-7-3)15-12(4)11-17-16(15)18/h5-9,12,14-15H,1,3,10-11H2,2,4H3,(H,17,18)/b9-6-,13-8+. The van der Waals surface area contributed by atoms with E-state index in [1.54, 1.807) is 6.08 Å². The van der Waals surface area contributed by atoms with Gasteiger partial charge in [0.25, 0.3) is 0 Å². The summed E-state index contributed by atoms with van der Waals surface area (Å²) < 4.78 is 0. The average molecular weight is 245 g/mol. The number of hydrogen-bond donors (Lipinski definition) is 1. The molecule has 98 valence electrons. The molecule has 1 saturated heterocycles. The molecule has 1 rings (SSSR count). The fourth-order valence-corrected chi connectivity index (χ4v) is 2.64. The van der Waals surface area contributed by atoms with Crippen LogP contribution in [0.15, 0.2) is 49.1 Å². The van der Waals surface area contributed by atoms with Crippen LogP contribution < -0.4 is 5.32 Å². The van der Waals surface area contributed by atoms with E-state index in [-0.39, 0.29) is 17.7 Å². The van der Waals surface area contributed by atoms with Gasteiger partial charge in [-0.1, -0.05) is 43.9 Å². The molecule has 0 bridgehead atoms. The topological polar surface area (TPSA) is 29.1 Å². The molecule has 18 heavy (non-hydrogen) atoms. The first kappa shape index (κ1) is 14.5. The molecule has 2 heteroatoms. The largest absolute Gasteiger partial charge is 0.356 e. The minimum Gasteiger partial charge on any atom is -0.356 e. The van der Waals surface area contributed by atoms with E-state index in [0.29, 0.717) is 5.92 Å². The van der Waals surface area contributed by atoms with Crippen LogP contribution in [-0.4, -0.2) is 12.5 Å². The Hall–Kier alpha value is -1.57. The van der Waals surface area contributed by atoms with Crippen molar-refractivity contribution in [2.45, 2.75) is 20.3 Å². The third-order valence-corrected chi connectivity index (χ3v) is 3.47. The number of carbonyl (C=O) groups excluding carboxylic acids is 1. The zero-order valence-electron chi connectivity index (χ0n) is 11.4. The molecule has 0 aromatic rings. The lowest BCUT2D eigenvalue weighted by Gasteiger charge is -2.24. The fraction of sp³-hybridized carbons (Fsp3) is 0.438. The smallest absolute Gasteiger partial charge is 0.224 e. The lowest BCUT2D eigenvalue weighted by molar-refractivity contribution is -0.124. The van der Waals surface area contributed by atoms with Crippen molar-refractivity contribution in [1.29, 1.82) is 0 Å². The second kappa shape index (κ2) is 7.00. The monoisotopic (exact) mass is 245 g/mol. The Morgan fingerprint density at radius 2 is 2.28 bits per heavy atom. The van der Waals surface area contributed by atoms with Crippen LogP contribution in [-0.2, 0) is 4.79 Å². The molecule has 0 aliphatic carbocycles. The summed E-state index contributed by atoms with van der Waals surface area (Å²) in [5.41, 5.74) is 1.15. The Morgan fingerprint density at radius 3 is 2.72 bits per heavy atom. The zero-order chi connectivity index (χ0) is 13.5. The quantitative estimate of drug-likeness (QED) is 0.565. The van der Waals surface area contributed by atoms with Crippen LogP contribution in [0.4, 0.5) is 0 Å². The number of carbonyl (C=O) groups is 1. The summed E-state index contributed by atoms with van der Waals surface area (Å²) in [7, 11) is 0. The van der Waals surface area contributed by atoms with E-state index < -0.39 is 0 Å². The molecule has 3 atom stereocenters. The first-order valence-corrected chi connectivity index (χ1v) is 6.49. The number of nitrogens with one attached hydrogen (secondary N) is 1. The Balaban J connectivity index is 3.06. The molecule has 0 aromatic heterocycles. The Kier molecular flexibility index (Phi) is 5.63. The molecule has 3 unspecified atom stereocenters. The van der Waals surface area contributed by atoms with Crippen LogP contribution in [0.2, 0.25) is 0 Å². The molecule has 1 amide bonds. The molecule has 1 N–H and O–H groups in total. The average Bonchev–Trinajstić information content (AvgIpc) is 2.66. The van der Waals surface area contributed by atoms with Gasteiger partial charge < -0.3 is 5.32 Å². The Bertz CT molecular complexity index is 379. The van der Waals surface area contributed by atoms with E-state index in [9.17, 15) is 4.79 Å². The van der Waals surface area contributed by atoms with Gasteiger partial charge in [0.15, 0.2) is 0 Å². The predicted octanol–water partition coefficient (Wildman–Crippen LogP) is 3.25. The minimum absolute atomic E-state index is 0.0328. The first-order chi connectivity index (χ1) is 8.65. The summed E-state index contributed by atoms with van der Waals surface area (Å²) >= 11 is 0. The van der Waals surface area contributed by atoms with Crippen molar-refractivity contribution in [2.75, 3.05) is 6.54 Å². The van der Waals surface area contributed by atoms with Gasteiger partial charge in [-0.25, -0.2) is 0 Å². The van der Waals surface area contributed by atoms with Crippen LogP contribution in [0.5, 0.6) is 0 Å². The van der Waals surface area contributed by atoms with Crippen LogP contribution >= 0.6 is 0 Å². The van der Waals surface area contributed by atoms with Crippen LogP contribution in [0.1, 0.15) is 20.3 Å². The van der Waals surface area contributed by atoms with E-state index >= 15 is 0 Å². The highest BCUT2D eigenvalue weighted by Crippen LogP contribution is 2.34. The summed E-state index contributed by atoms with van der Waals surface area (Å²) in [6.45, 7) is 12.5. The van der Waals surface area contributed by atoms with E-state index in [2.05, 4.69) is 31.5 Å². The van der Waals surface area contributed by atoms with Crippen molar-refractivity contribution in [1.82, 2.24) is 5.32 Å². The van der Waals surface area contributed by atoms with E-state index in [1.807, 2.05) is 25.2 Å². The molecule has 2 nitrogen and oxygen atoms in total. The van der Waals surface area contributed by atoms with Crippen molar-refractivity contribution in [3.05, 3.63) is 49.1 Å². The van der Waals surface area contributed by atoms with Gasteiger partial charge in [-0.2, -0.15) is 0 Å². The van der Waals surface area contributed by atoms with Crippen molar-refractivity contribution < 1.29 is 4.79 Å². The normalized spacial score (nSPS) is 26.1. The Morgan fingerprint density at radius 1 is 1.56 bits per heavy atom. The summed E-state index contributed by atoms with van der Waals surface area (Å²) in [5, 5.41) is 2.95. The van der Waals surface area contributed by atoms with Crippen LogP contribution in [0, 0.1) is 17.8 Å². The lowest BCUT2D eigenvalue weighted by Crippen LogP contribution is -2.27. The molecule has 0 spiro atoms. The molecule has 1 aliphatic heterocycles. The zero-order valence-corrected chi connectivity index (χ0v) is 11.4. The summed E-state index contributed by atoms with van der Waals surface area (Å²) in [4.78, 5) is 12.0. The molecular formula is C16H23NO. The molecule has 0 saturated carbocycles. The highest BCUT2D eigenvalue weighted by atomic mass is 16.2. The maximum atomic E-state index is 12.0. The Labute approximate surface area is 110 Å². The van der Waals surface area contributed by atoms with Crippen molar-refractivity contribution in [2.24, 2.45) is 17.8 Å².